The number of hydrogen-bond donors (Lipinski definition) is 2. The normalized spacial score (nSPS) is 36.7. The average Bonchev–Trinajstić information content (AvgIpc) is 3.26. The van der Waals surface area contributed by atoms with Gasteiger partial charge in [0.15, 0.2) is 11.5 Å². The van der Waals surface area contributed by atoms with Crippen molar-refractivity contribution in [3.8, 4) is 11.5 Å². The van der Waals surface area contributed by atoms with E-state index in [-0.39, 0.29) is 22.9 Å². The van der Waals surface area contributed by atoms with Gasteiger partial charge in [-0.15, -0.1) is 0 Å². The van der Waals surface area contributed by atoms with Crippen LogP contribution >= 0.6 is 0 Å². The number of ether oxygens (including phenoxy) is 2. The first-order chi connectivity index (χ1) is 17.8. The van der Waals surface area contributed by atoms with Crippen LogP contribution in [-0.4, -0.2) is 44.3 Å². The summed E-state index contributed by atoms with van der Waals surface area (Å²) in [5, 5.41) is 13.8. The molecule has 7 unspecified atom stereocenters. The van der Waals surface area contributed by atoms with Crippen molar-refractivity contribution in [1.82, 2.24) is 5.32 Å². The standard InChI is InChI=1S/C32H47NO4/c1-31-15-11-23(34)20-22(31)6-7-24-25-8-9-27(32(25,2)16-12-26(24)31)28(35)14-18-33-17-13-21-5-10-29(36-3)30(19-21)37-4/h5-6,10,19,23-27,33-34H,7-9,11-18,20H2,1-4H3. The minimum atomic E-state index is -0.147. The van der Waals surface area contributed by atoms with Gasteiger partial charge in [-0.25, -0.2) is 0 Å². The largest absolute Gasteiger partial charge is 0.493 e. The molecule has 37 heavy (non-hydrogen) atoms. The fourth-order valence-electron chi connectivity index (χ4n) is 8.95. The second-order valence-corrected chi connectivity index (χ2v) is 12.7. The van der Waals surface area contributed by atoms with Gasteiger partial charge in [0, 0.05) is 18.9 Å². The Morgan fingerprint density at radius 2 is 1.84 bits per heavy atom. The summed E-state index contributed by atoms with van der Waals surface area (Å²) in [6.07, 6.45) is 12.7. The van der Waals surface area contributed by atoms with Crippen LogP contribution in [0, 0.1) is 34.5 Å². The van der Waals surface area contributed by atoms with Gasteiger partial charge < -0.3 is 19.9 Å². The number of fused-ring (bicyclic) bond motifs is 5. The smallest absolute Gasteiger partial charge is 0.160 e. The van der Waals surface area contributed by atoms with Crippen molar-refractivity contribution < 1.29 is 19.4 Å². The summed E-state index contributed by atoms with van der Waals surface area (Å²) in [5.74, 6) is 4.30. The summed E-state index contributed by atoms with van der Waals surface area (Å²) < 4.78 is 10.7. The molecule has 0 amide bonds. The Morgan fingerprint density at radius 1 is 1.03 bits per heavy atom. The van der Waals surface area contributed by atoms with Gasteiger partial charge in [-0.05, 0) is 111 Å². The highest BCUT2D eigenvalue weighted by molar-refractivity contribution is 5.82. The molecule has 4 aliphatic carbocycles. The molecule has 3 saturated carbocycles. The number of rotatable bonds is 9. The molecule has 0 aromatic heterocycles. The predicted molar refractivity (Wildman–Crippen MR) is 147 cm³/mol. The molecule has 2 N–H and O–H groups in total. The molecule has 3 fully saturated rings. The van der Waals surface area contributed by atoms with Crippen molar-refractivity contribution in [2.75, 3.05) is 27.3 Å². The van der Waals surface area contributed by atoms with Crippen LogP contribution in [0.15, 0.2) is 29.8 Å². The second-order valence-electron chi connectivity index (χ2n) is 12.7. The lowest BCUT2D eigenvalue weighted by Gasteiger charge is -2.58. The van der Waals surface area contributed by atoms with Crippen LogP contribution in [0.2, 0.25) is 0 Å². The van der Waals surface area contributed by atoms with Gasteiger partial charge in [-0.3, -0.25) is 4.79 Å². The van der Waals surface area contributed by atoms with Crippen LogP contribution in [0.1, 0.15) is 77.2 Å². The van der Waals surface area contributed by atoms with Crippen molar-refractivity contribution >= 4 is 5.78 Å². The van der Waals surface area contributed by atoms with Crippen LogP contribution in [0.25, 0.3) is 0 Å². The van der Waals surface area contributed by atoms with E-state index in [1.807, 2.05) is 12.1 Å². The molecule has 5 rings (SSSR count). The van der Waals surface area contributed by atoms with Gasteiger partial charge in [-0.1, -0.05) is 31.6 Å². The molecule has 1 aromatic rings. The van der Waals surface area contributed by atoms with E-state index in [1.54, 1.807) is 14.2 Å². The van der Waals surface area contributed by atoms with Crippen molar-refractivity contribution in [2.45, 2.75) is 84.2 Å². The molecule has 1 aromatic carbocycles. The fourth-order valence-corrected chi connectivity index (χ4v) is 8.95. The van der Waals surface area contributed by atoms with Crippen molar-refractivity contribution in [2.24, 2.45) is 34.5 Å². The molecule has 0 saturated heterocycles. The topological polar surface area (TPSA) is 67.8 Å². The van der Waals surface area contributed by atoms with E-state index in [2.05, 4.69) is 31.3 Å². The molecular weight excluding hydrogens is 462 g/mol. The van der Waals surface area contributed by atoms with E-state index >= 15 is 0 Å². The van der Waals surface area contributed by atoms with Gasteiger partial charge in [0.1, 0.15) is 5.78 Å². The monoisotopic (exact) mass is 509 g/mol. The molecule has 7 atom stereocenters. The number of methoxy groups -OCH3 is 2. The van der Waals surface area contributed by atoms with Gasteiger partial charge in [-0.2, -0.15) is 0 Å². The maximum atomic E-state index is 13.5. The number of ketones is 1. The minimum Gasteiger partial charge on any atom is -0.493 e. The molecule has 5 nitrogen and oxygen atoms in total. The van der Waals surface area contributed by atoms with Crippen LogP contribution in [0.3, 0.4) is 0 Å². The molecule has 0 aliphatic heterocycles. The summed E-state index contributed by atoms with van der Waals surface area (Å²) in [6, 6.07) is 6.05. The third-order valence-corrected chi connectivity index (χ3v) is 11.1. The quantitative estimate of drug-likeness (QED) is 0.328. The Balaban J connectivity index is 1.14. The van der Waals surface area contributed by atoms with E-state index in [9.17, 15) is 9.90 Å². The molecule has 204 valence electrons. The third-order valence-electron chi connectivity index (χ3n) is 11.1. The summed E-state index contributed by atoms with van der Waals surface area (Å²) in [5.41, 5.74) is 3.16. The van der Waals surface area contributed by atoms with Crippen molar-refractivity contribution in [3.63, 3.8) is 0 Å². The first kappa shape index (κ1) is 26.7. The van der Waals surface area contributed by atoms with E-state index in [0.717, 1.165) is 69.0 Å². The van der Waals surface area contributed by atoms with E-state index < -0.39 is 0 Å². The van der Waals surface area contributed by atoms with E-state index in [0.29, 0.717) is 24.0 Å². The molecule has 0 bridgehead atoms. The Kier molecular flexibility index (Phi) is 7.75. The number of carbonyl (C=O) groups is 1. The zero-order valence-corrected chi connectivity index (χ0v) is 23.4. The van der Waals surface area contributed by atoms with Crippen LogP contribution in [-0.2, 0) is 11.2 Å². The van der Waals surface area contributed by atoms with Gasteiger partial charge in [0.25, 0.3) is 0 Å². The number of aliphatic hydroxyl groups is 1. The number of carbonyl (C=O) groups excluding carboxylic acids is 1. The number of benzene rings is 1. The van der Waals surface area contributed by atoms with E-state index in [4.69, 9.17) is 9.47 Å². The Morgan fingerprint density at radius 3 is 2.62 bits per heavy atom. The third kappa shape index (κ3) is 4.87. The van der Waals surface area contributed by atoms with Gasteiger partial charge in [0.05, 0.1) is 20.3 Å². The first-order valence-electron chi connectivity index (χ1n) is 14.6. The van der Waals surface area contributed by atoms with Crippen molar-refractivity contribution in [3.05, 3.63) is 35.4 Å². The Labute approximate surface area is 223 Å². The Hall–Kier alpha value is -1.85. The summed E-state index contributed by atoms with van der Waals surface area (Å²) in [6.45, 7) is 6.52. The summed E-state index contributed by atoms with van der Waals surface area (Å²) in [7, 11) is 3.32. The summed E-state index contributed by atoms with van der Waals surface area (Å²) >= 11 is 0. The molecule has 0 radical (unpaired) electrons. The van der Waals surface area contributed by atoms with Crippen LogP contribution in [0.5, 0.6) is 11.5 Å². The molecule has 5 heteroatoms. The molecule has 0 spiro atoms. The number of nitrogens with one attached hydrogen (secondary N) is 1. The van der Waals surface area contributed by atoms with Gasteiger partial charge in [0.2, 0.25) is 0 Å². The van der Waals surface area contributed by atoms with Crippen LogP contribution < -0.4 is 14.8 Å². The SMILES string of the molecule is COc1ccc(CCNCCC(=O)C2CCC3C4CC=C5CC(O)CCC5(C)C4CCC23C)cc1OC. The Bertz CT molecular complexity index is 1020. The molecule has 4 aliphatic rings. The lowest BCUT2D eigenvalue weighted by molar-refractivity contribution is -0.129. The average molecular weight is 510 g/mol. The second kappa shape index (κ2) is 10.7. The zero-order chi connectivity index (χ0) is 26.2. The van der Waals surface area contributed by atoms with E-state index in [1.165, 1.54) is 30.4 Å². The molecular formula is C32H47NO4. The lowest BCUT2D eigenvalue weighted by atomic mass is 9.47. The predicted octanol–water partition coefficient (Wildman–Crippen LogP) is 5.74. The van der Waals surface area contributed by atoms with Crippen LogP contribution in [0.4, 0.5) is 0 Å². The highest BCUT2D eigenvalue weighted by Gasteiger charge is 2.59. The number of allylic oxidation sites excluding steroid dienone is 1. The summed E-state index contributed by atoms with van der Waals surface area (Å²) in [4.78, 5) is 13.5. The van der Waals surface area contributed by atoms with Crippen molar-refractivity contribution in [1.29, 1.82) is 0 Å². The number of hydrogen-bond acceptors (Lipinski definition) is 5. The van der Waals surface area contributed by atoms with Gasteiger partial charge >= 0.3 is 0 Å². The lowest BCUT2D eigenvalue weighted by Crippen LogP contribution is -2.51. The number of Topliss-reactive ketones (excluding diaryl/α,β-unsaturated/α-hetero) is 1. The maximum absolute atomic E-state index is 13.5. The fraction of sp³-hybridized carbons (Fsp3) is 0.719. The zero-order valence-electron chi connectivity index (χ0n) is 23.4. The highest BCUT2D eigenvalue weighted by atomic mass is 16.5. The highest BCUT2D eigenvalue weighted by Crippen LogP contribution is 2.66. The molecule has 0 heterocycles. The maximum Gasteiger partial charge on any atom is 0.160 e. The first-order valence-corrected chi connectivity index (χ1v) is 14.6. The number of aliphatic hydroxyl groups excluding tert-OH is 1. The minimum absolute atomic E-state index is 0.147.